The minimum atomic E-state index is -3.99. The van der Waals surface area contributed by atoms with E-state index in [-0.39, 0.29) is 18.2 Å². The molecular formula is C23H26N2O6S. The Kier molecular flexibility index (Phi) is 5.47. The highest BCUT2D eigenvalue weighted by molar-refractivity contribution is 7.82. The zero-order valence-corrected chi connectivity index (χ0v) is 18.6. The number of anilines is 1. The number of hydrogen-bond donors (Lipinski definition) is 2. The highest BCUT2D eigenvalue weighted by Gasteiger charge is 2.57. The predicted octanol–water partition coefficient (Wildman–Crippen LogP) is 3.56. The van der Waals surface area contributed by atoms with E-state index in [0.717, 1.165) is 21.5 Å². The molecule has 0 saturated carbocycles. The molecule has 0 bridgehead atoms. The van der Waals surface area contributed by atoms with Crippen LogP contribution in [0.3, 0.4) is 0 Å². The van der Waals surface area contributed by atoms with Gasteiger partial charge in [-0.3, -0.25) is 0 Å². The Morgan fingerprint density at radius 2 is 1.75 bits per heavy atom. The number of phenolic OH excluding ortho intramolecular Hbond substituents is 1. The first-order chi connectivity index (χ1) is 15.4. The molecule has 1 unspecified atom stereocenters. The molecule has 2 saturated heterocycles. The first-order valence-corrected chi connectivity index (χ1v) is 12.1. The summed E-state index contributed by atoms with van der Waals surface area (Å²) in [5, 5.41) is 18.2. The van der Waals surface area contributed by atoms with Crippen molar-refractivity contribution < 1.29 is 26.6 Å². The Morgan fingerprint density at radius 3 is 2.41 bits per heavy atom. The van der Waals surface area contributed by atoms with E-state index in [1.807, 2.05) is 36.1 Å². The summed E-state index contributed by atoms with van der Waals surface area (Å²) < 4.78 is 39.6. The molecule has 32 heavy (non-hydrogen) atoms. The summed E-state index contributed by atoms with van der Waals surface area (Å²) in [6, 6.07) is 15.6. The van der Waals surface area contributed by atoms with Crippen LogP contribution in [-0.2, 0) is 23.5 Å². The maximum absolute atomic E-state index is 11.8. The van der Waals surface area contributed by atoms with Crippen LogP contribution in [0.25, 0.3) is 21.5 Å². The molecule has 5 rings (SSSR count). The number of benzene rings is 3. The normalized spacial score (nSPS) is 21.3. The smallest absolute Gasteiger partial charge is 0.407 e. The van der Waals surface area contributed by atoms with Crippen LogP contribution in [0, 0.1) is 0 Å². The van der Waals surface area contributed by atoms with E-state index in [9.17, 15) is 13.5 Å². The van der Waals surface area contributed by atoms with Crippen molar-refractivity contribution >= 4 is 37.6 Å². The van der Waals surface area contributed by atoms with Gasteiger partial charge in [-0.1, -0.05) is 37.3 Å². The monoisotopic (exact) mass is 458 g/mol. The average molecular weight is 459 g/mol. The van der Waals surface area contributed by atoms with Crippen LogP contribution in [0.4, 0.5) is 5.69 Å². The van der Waals surface area contributed by atoms with Crippen LogP contribution in [0.1, 0.15) is 19.8 Å². The van der Waals surface area contributed by atoms with Gasteiger partial charge in [0.25, 0.3) is 5.91 Å². The highest BCUT2D eigenvalue weighted by atomic mass is 32.3. The first-order valence-electron chi connectivity index (χ1n) is 10.8. The van der Waals surface area contributed by atoms with Crippen LogP contribution < -0.4 is 5.32 Å². The number of morpholine rings is 1. The van der Waals surface area contributed by atoms with Gasteiger partial charge < -0.3 is 15.2 Å². The predicted molar refractivity (Wildman–Crippen MR) is 122 cm³/mol. The lowest BCUT2D eigenvalue weighted by Gasteiger charge is -2.48. The minimum Gasteiger partial charge on any atom is -0.506 e. The van der Waals surface area contributed by atoms with Crippen molar-refractivity contribution in [3.63, 3.8) is 0 Å². The van der Waals surface area contributed by atoms with Gasteiger partial charge in [0.05, 0.1) is 18.9 Å². The molecule has 0 radical (unpaired) electrons. The van der Waals surface area contributed by atoms with Crippen molar-refractivity contribution in [2.24, 2.45) is 0 Å². The van der Waals surface area contributed by atoms with Crippen molar-refractivity contribution in [1.82, 2.24) is 4.90 Å². The molecule has 9 heteroatoms. The molecular weight excluding hydrogens is 432 g/mol. The fourth-order valence-corrected chi connectivity index (χ4v) is 5.50. The second kappa shape index (κ2) is 8.17. The van der Waals surface area contributed by atoms with Crippen molar-refractivity contribution in [2.75, 3.05) is 31.6 Å². The Labute approximate surface area is 187 Å². The number of ether oxygens (including phenoxy) is 1. The Morgan fingerprint density at radius 1 is 1.06 bits per heavy atom. The summed E-state index contributed by atoms with van der Waals surface area (Å²) in [6.45, 7) is 3.98. The van der Waals surface area contributed by atoms with Gasteiger partial charge in [0.2, 0.25) is 0 Å². The van der Waals surface area contributed by atoms with Crippen molar-refractivity contribution in [2.45, 2.75) is 31.7 Å². The SMILES string of the molecule is CCC(CC1(N2CCOCC2)OS(=O)(=O)O1)Nc1c(O)ccc2cc3ccccc3cc12. The second-order valence-electron chi connectivity index (χ2n) is 8.22. The molecule has 2 aliphatic heterocycles. The molecule has 0 aromatic heterocycles. The molecule has 0 amide bonds. The van der Waals surface area contributed by atoms with Crippen molar-refractivity contribution in [3.05, 3.63) is 48.5 Å². The molecule has 3 aromatic carbocycles. The maximum atomic E-state index is 11.8. The number of nitrogens with one attached hydrogen (secondary N) is 1. The summed E-state index contributed by atoms with van der Waals surface area (Å²) in [7, 11) is -3.99. The number of nitrogens with zero attached hydrogens (tertiary/aromatic N) is 1. The number of hydrogen-bond acceptors (Lipinski definition) is 8. The molecule has 2 heterocycles. The van der Waals surface area contributed by atoms with Crippen LogP contribution in [0.15, 0.2) is 48.5 Å². The van der Waals surface area contributed by atoms with Gasteiger partial charge in [-0.25, -0.2) is 4.90 Å². The van der Waals surface area contributed by atoms with Gasteiger partial charge in [-0.2, -0.15) is 16.8 Å². The third-order valence-corrected chi connectivity index (χ3v) is 7.10. The summed E-state index contributed by atoms with van der Waals surface area (Å²) >= 11 is 0. The van der Waals surface area contributed by atoms with Gasteiger partial charge in [0.15, 0.2) is 0 Å². The largest absolute Gasteiger partial charge is 0.506 e. The summed E-state index contributed by atoms with van der Waals surface area (Å²) in [5.74, 6) is -1.22. The number of fused-ring (bicyclic) bond motifs is 2. The van der Waals surface area contributed by atoms with Crippen LogP contribution in [0.5, 0.6) is 5.75 Å². The van der Waals surface area contributed by atoms with E-state index < -0.39 is 16.3 Å². The van der Waals surface area contributed by atoms with Crippen molar-refractivity contribution in [1.29, 1.82) is 0 Å². The lowest BCUT2D eigenvalue weighted by atomic mass is 10.0. The lowest BCUT2D eigenvalue weighted by Crippen LogP contribution is -2.65. The molecule has 8 nitrogen and oxygen atoms in total. The zero-order valence-electron chi connectivity index (χ0n) is 17.8. The highest BCUT2D eigenvalue weighted by Crippen LogP contribution is 2.41. The summed E-state index contributed by atoms with van der Waals surface area (Å²) in [5.41, 5.74) is 0.611. The quantitative estimate of drug-likeness (QED) is 0.428. The molecule has 1 atom stereocenters. The zero-order chi connectivity index (χ0) is 22.3. The van der Waals surface area contributed by atoms with Gasteiger partial charge in [0.1, 0.15) is 5.75 Å². The van der Waals surface area contributed by atoms with E-state index in [0.29, 0.717) is 38.4 Å². The minimum absolute atomic E-state index is 0.134. The fourth-order valence-electron chi connectivity index (χ4n) is 4.50. The van der Waals surface area contributed by atoms with Gasteiger partial charge in [0, 0.05) is 30.9 Å². The van der Waals surface area contributed by atoms with Gasteiger partial charge >= 0.3 is 10.4 Å². The molecule has 2 fully saturated rings. The first kappa shape index (κ1) is 21.4. The molecule has 170 valence electrons. The average Bonchev–Trinajstić information content (AvgIpc) is 2.78. The molecule has 3 aromatic rings. The Hall–Kier alpha value is -2.43. The van der Waals surface area contributed by atoms with E-state index in [4.69, 9.17) is 13.1 Å². The lowest BCUT2D eigenvalue weighted by molar-refractivity contribution is -0.295. The fraction of sp³-hybridized carbons (Fsp3) is 0.391. The molecule has 0 spiro atoms. The molecule has 2 aliphatic rings. The standard InChI is InChI=1S/C23H26N2O6S/c1-2-19(15-23(30-32(27,28)31-23)25-9-11-29-12-10-25)24-22-20-14-17-6-4-3-5-16(17)13-18(20)7-8-21(22)26/h3-8,13-14,19,24,26H,2,9-12,15H2,1H3. The van der Waals surface area contributed by atoms with Crippen molar-refractivity contribution in [3.8, 4) is 5.75 Å². The van der Waals surface area contributed by atoms with Gasteiger partial charge in [-0.05, 0) is 40.8 Å². The third kappa shape index (κ3) is 3.91. The van der Waals surface area contributed by atoms with E-state index in [1.54, 1.807) is 6.07 Å². The number of phenols is 1. The van der Waals surface area contributed by atoms with E-state index >= 15 is 0 Å². The molecule has 2 N–H and O–H groups in total. The van der Waals surface area contributed by atoms with E-state index in [2.05, 4.69) is 23.5 Å². The van der Waals surface area contributed by atoms with Crippen LogP contribution >= 0.6 is 0 Å². The number of aromatic hydroxyl groups is 1. The van der Waals surface area contributed by atoms with Gasteiger partial charge in [-0.15, -0.1) is 0 Å². The second-order valence-corrected chi connectivity index (χ2v) is 9.37. The topological polar surface area (TPSA) is 97.3 Å². The Balaban J connectivity index is 1.47. The van der Waals surface area contributed by atoms with Crippen LogP contribution in [-0.4, -0.2) is 56.7 Å². The third-order valence-electron chi connectivity index (χ3n) is 6.17. The molecule has 0 aliphatic carbocycles. The summed E-state index contributed by atoms with van der Waals surface area (Å²) in [4.78, 5) is 1.86. The number of rotatable bonds is 6. The summed E-state index contributed by atoms with van der Waals surface area (Å²) in [6.07, 6.45) is 0.939. The van der Waals surface area contributed by atoms with Crippen LogP contribution in [0.2, 0.25) is 0 Å². The maximum Gasteiger partial charge on any atom is 0.407 e. The van der Waals surface area contributed by atoms with E-state index in [1.165, 1.54) is 0 Å². The Bertz CT molecular complexity index is 1240.